The van der Waals surface area contributed by atoms with Gasteiger partial charge in [-0.05, 0) is 42.5 Å². The molecule has 0 unspecified atom stereocenters. The number of thioether (sulfide) groups is 1. The van der Waals surface area contributed by atoms with Gasteiger partial charge in [-0.3, -0.25) is 0 Å². The monoisotopic (exact) mass is 371 g/mol. The summed E-state index contributed by atoms with van der Waals surface area (Å²) >= 11 is 1.90. The number of hydrogen-bond acceptors (Lipinski definition) is 4. The zero-order chi connectivity index (χ0) is 17.6. The van der Waals surface area contributed by atoms with E-state index in [-0.39, 0.29) is 5.92 Å². The Labute approximate surface area is 150 Å². The molecule has 0 spiro atoms. The second-order valence-corrected chi connectivity index (χ2v) is 9.76. The maximum atomic E-state index is 12.5. The minimum Gasteiger partial charge on any atom is -0.496 e. The third-order valence-electron chi connectivity index (χ3n) is 4.43. The topological polar surface area (TPSA) is 55.4 Å². The Morgan fingerprint density at radius 2 is 1.96 bits per heavy atom. The molecule has 1 aliphatic carbocycles. The van der Waals surface area contributed by atoms with Crippen LogP contribution in [0.25, 0.3) is 0 Å². The van der Waals surface area contributed by atoms with Gasteiger partial charge in [0.15, 0.2) is 0 Å². The van der Waals surface area contributed by atoms with Crippen LogP contribution in [0.3, 0.4) is 0 Å². The molecule has 1 fully saturated rings. The van der Waals surface area contributed by atoms with Crippen molar-refractivity contribution in [2.75, 3.05) is 19.4 Å². The van der Waals surface area contributed by atoms with Crippen molar-refractivity contribution in [2.24, 2.45) is 0 Å². The summed E-state index contributed by atoms with van der Waals surface area (Å²) in [5.41, 5.74) is 0.914. The Kier molecular flexibility index (Phi) is 7.44. The summed E-state index contributed by atoms with van der Waals surface area (Å²) in [4.78, 5) is 0.315. The largest absolute Gasteiger partial charge is 0.496 e. The third-order valence-corrected chi connectivity index (χ3v) is 7.27. The number of hydrogen-bond donors (Lipinski definition) is 1. The second-order valence-electron chi connectivity index (χ2n) is 6.59. The van der Waals surface area contributed by atoms with Gasteiger partial charge in [-0.1, -0.05) is 33.1 Å². The van der Waals surface area contributed by atoms with E-state index in [1.54, 1.807) is 25.3 Å². The fraction of sp³-hybridized carbons (Fsp3) is 0.667. The summed E-state index contributed by atoms with van der Waals surface area (Å²) in [5, 5.41) is 0.705. The van der Waals surface area contributed by atoms with Gasteiger partial charge in [-0.15, -0.1) is 0 Å². The van der Waals surface area contributed by atoms with E-state index < -0.39 is 10.0 Å². The molecule has 136 valence electrons. The van der Waals surface area contributed by atoms with E-state index >= 15 is 0 Å². The van der Waals surface area contributed by atoms with Crippen LogP contribution < -0.4 is 9.46 Å². The van der Waals surface area contributed by atoms with E-state index in [0.29, 0.717) is 16.7 Å². The predicted molar refractivity (Wildman–Crippen MR) is 102 cm³/mol. The van der Waals surface area contributed by atoms with Crippen molar-refractivity contribution in [3.63, 3.8) is 0 Å². The summed E-state index contributed by atoms with van der Waals surface area (Å²) in [6.07, 6.45) is 6.51. The summed E-state index contributed by atoms with van der Waals surface area (Å²) in [6, 6.07) is 5.07. The molecule has 0 bridgehead atoms. The molecule has 0 radical (unpaired) electrons. The maximum absolute atomic E-state index is 12.5. The minimum atomic E-state index is -3.46. The number of ether oxygens (including phenoxy) is 1. The quantitative estimate of drug-likeness (QED) is 0.697. The zero-order valence-corrected chi connectivity index (χ0v) is 16.5. The lowest BCUT2D eigenvalue weighted by Crippen LogP contribution is -2.27. The fourth-order valence-electron chi connectivity index (χ4n) is 3.05. The molecule has 1 aliphatic rings. The van der Waals surface area contributed by atoms with Crippen LogP contribution >= 0.6 is 11.8 Å². The van der Waals surface area contributed by atoms with Crippen molar-refractivity contribution in [1.82, 2.24) is 4.72 Å². The first-order valence-electron chi connectivity index (χ1n) is 8.73. The van der Waals surface area contributed by atoms with Crippen molar-refractivity contribution in [1.29, 1.82) is 0 Å². The van der Waals surface area contributed by atoms with Gasteiger partial charge in [0.2, 0.25) is 10.0 Å². The Bertz CT molecular complexity index is 623. The van der Waals surface area contributed by atoms with Crippen molar-refractivity contribution < 1.29 is 13.2 Å². The Hall–Kier alpha value is -0.720. The lowest BCUT2D eigenvalue weighted by molar-refractivity contribution is 0.407. The zero-order valence-electron chi connectivity index (χ0n) is 14.9. The number of benzene rings is 1. The Morgan fingerprint density at radius 1 is 1.25 bits per heavy atom. The van der Waals surface area contributed by atoms with Crippen LogP contribution in [0.1, 0.15) is 57.4 Å². The highest BCUT2D eigenvalue weighted by atomic mass is 32.2. The first kappa shape index (κ1) is 19.6. The van der Waals surface area contributed by atoms with Crippen LogP contribution in [0.15, 0.2) is 23.1 Å². The van der Waals surface area contributed by atoms with Crippen LogP contribution in [-0.2, 0) is 10.0 Å². The van der Waals surface area contributed by atoms with Crippen molar-refractivity contribution in [2.45, 2.75) is 62.0 Å². The smallest absolute Gasteiger partial charge is 0.240 e. The van der Waals surface area contributed by atoms with Gasteiger partial charge in [0.1, 0.15) is 5.75 Å². The van der Waals surface area contributed by atoms with Crippen molar-refractivity contribution in [3.05, 3.63) is 23.8 Å². The molecule has 6 heteroatoms. The maximum Gasteiger partial charge on any atom is 0.240 e. The Balaban J connectivity index is 1.93. The van der Waals surface area contributed by atoms with Crippen molar-refractivity contribution in [3.8, 4) is 5.75 Å². The summed E-state index contributed by atoms with van der Waals surface area (Å²) in [6.45, 7) is 4.54. The molecule has 24 heavy (non-hydrogen) atoms. The highest BCUT2D eigenvalue weighted by molar-refractivity contribution is 8.00. The second kappa shape index (κ2) is 9.11. The molecule has 1 aromatic rings. The van der Waals surface area contributed by atoms with Gasteiger partial charge in [0.05, 0.1) is 12.0 Å². The normalized spacial score (nSPS) is 16.5. The average molecular weight is 372 g/mol. The predicted octanol–water partition coefficient (Wildman–Crippen LogP) is 4.16. The summed E-state index contributed by atoms with van der Waals surface area (Å²) in [7, 11) is -1.86. The van der Waals surface area contributed by atoms with Crippen LogP contribution in [0, 0.1) is 0 Å². The average Bonchev–Trinajstić information content (AvgIpc) is 2.59. The standard InChI is InChI=1S/C18H29NO3S2/c1-14(2)17-13-16(9-10-18(17)22-3)24(20,21)19-11-12-23-15-7-5-4-6-8-15/h9-10,13-15,19H,4-8,11-12H2,1-3H3. The van der Waals surface area contributed by atoms with Gasteiger partial charge in [-0.25, -0.2) is 13.1 Å². The summed E-state index contributed by atoms with van der Waals surface area (Å²) < 4.78 is 33.0. The van der Waals surface area contributed by atoms with E-state index in [0.717, 1.165) is 17.1 Å². The molecule has 1 saturated carbocycles. The SMILES string of the molecule is COc1ccc(S(=O)(=O)NCCSC2CCCCC2)cc1C(C)C. The molecule has 1 N–H and O–H groups in total. The first-order chi connectivity index (χ1) is 11.4. The van der Waals surface area contributed by atoms with Crippen LogP contribution in [0.2, 0.25) is 0 Å². The van der Waals surface area contributed by atoms with Gasteiger partial charge >= 0.3 is 0 Å². The highest BCUT2D eigenvalue weighted by Crippen LogP contribution is 2.29. The van der Waals surface area contributed by atoms with E-state index in [1.807, 2.05) is 25.6 Å². The molecular formula is C18H29NO3S2. The molecule has 1 aromatic carbocycles. The van der Waals surface area contributed by atoms with Crippen molar-refractivity contribution >= 4 is 21.8 Å². The molecule has 0 amide bonds. The van der Waals surface area contributed by atoms with E-state index in [9.17, 15) is 8.42 Å². The fourth-order valence-corrected chi connectivity index (χ4v) is 5.46. The molecule has 0 saturated heterocycles. The van der Waals surface area contributed by atoms with Crippen LogP contribution in [-0.4, -0.2) is 33.1 Å². The molecule has 2 rings (SSSR count). The van der Waals surface area contributed by atoms with E-state index in [4.69, 9.17) is 4.74 Å². The number of methoxy groups -OCH3 is 1. The lowest BCUT2D eigenvalue weighted by atomic mass is 10.0. The minimum absolute atomic E-state index is 0.206. The van der Waals surface area contributed by atoms with Gasteiger partial charge < -0.3 is 4.74 Å². The first-order valence-corrected chi connectivity index (χ1v) is 11.3. The van der Waals surface area contributed by atoms with Crippen LogP contribution in [0.4, 0.5) is 0 Å². The molecule has 0 aromatic heterocycles. The molecule has 0 aliphatic heterocycles. The number of sulfonamides is 1. The van der Waals surface area contributed by atoms with Crippen LogP contribution in [0.5, 0.6) is 5.75 Å². The van der Waals surface area contributed by atoms with Gasteiger partial charge in [-0.2, -0.15) is 11.8 Å². The molecule has 0 atom stereocenters. The highest BCUT2D eigenvalue weighted by Gasteiger charge is 2.18. The van der Waals surface area contributed by atoms with Gasteiger partial charge in [0.25, 0.3) is 0 Å². The molecule has 4 nitrogen and oxygen atoms in total. The third kappa shape index (κ3) is 5.39. The lowest BCUT2D eigenvalue weighted by Gasteiger charge is -2.21. The summed E-state index contributed by atoms with van der Waals surface area (Å²) in [5.74, 6) is 1.77. The Morgan fingerprint density at radius 3 is 2.58 bits per heavy atom. The number of nitrogens with one attached hydrogen (secondary N) is 1. The van der Waals surface area contributed by atoms with E-state index in [2.05, 4.69) is 4.72 Å². The molecule has 0 heterocycles. The number of rotatable bonds is 8. The molecular weight excluding hydrogens is 342 g/mol. The van der Waals surface area contributed by atoms with Gasteiger partial charge in [0, 0.05) is 17.5 Å². The van der Waals surface area contributed by atoms with E-state index in [1.165, 1.54) is 32.1 Å².